The first-order chi connectivity index (χ1) is 15.0. The van der Waals surface area contributed by atoms with Crippen molar-refractivity contribution in [2.45, 2.75) is 6.54 Å². The van der Waals surface area contributed by atoms with Crippen LogP contribution in [0.15, 0.2) is 45.6 Å². The Kier molecular flexibility index (Phi) is 7.51. The van der Waals surface area contributed by atoms with Gasteiger partial charge in [0.15, 0.2) is 0 Å². The van der Waals surface area contributed by atoms with Gasteiger partial charge in [0.1, 0.15) is 28.4 Å². The molecular formula is C23H27NO7. The minimum Gasteiger partial charge on any atom is -0.507 e. The molecule has 0 spiro atoms. The Morgan fingerprint density at radius 1 is 0.968 bits per heavy atom. The number of phenolic OH excluding ortho intramolecular Hbond substituents is 1. The van der Waals surface area contributed by atoms with E-state index in [0.29, 0.717) is 48.6 Å². The summed E-state index contributed by atoms with van der Waals surface area (Å²) in [4.78, 5) is 14.9. The number of aromatic hydroxyl groups is 2. The van der Waals surface area contributed by atoms with Crippen LogP contribution in [0.4, 0.5) is 0 Å². The Balaban J connectivity index is 2.13. The fraction of sp³-hybridized carbons (Fsp3) is 0.348. The molecule has 0 radical (unpaired) electrons. The Labute approximate surface area is 180 Å². The smallest absolute Gasteiger partial charge is 0.348 e. The Morgan fingerprint density at radius 3 is 2.29 bits per heavy atom. The summed E-state index contributed by atoms with van der Waals surface area (Å²) in [6.45, 7) is 2.44. The van der Waals surface area contributed by atoms with E-state index in [9.17, 15) is 15.0 Å². The summed E-state index contributed by atoms with van der Waals surface area (Å²) < 4.78 is 21.3. The zero-order valence-electron chi connectivity index (χ0n) is 17.9. The topological polar surface area (TPSA) is 102 Å². The number of benzene rings is 2. The number of para-hydroxylation sites is 1. The molecule has 3 aromatic rings. The molecule has 0 saturated carbocycles. The van der Waals surface area contributed by atoms with Gasteiger partial charge in [-0.1, -0.05) is 18.2 Å². The molecule has 0 aliphatic heterocycles. The monoisotopic (exact) mass is 429 g/mol. The largest absolute Gasteiger partial charge is 0.507 e. The Morgan fingerprint density at radius 2 is 1.65 bits per heavy atom. The maximum absolute atomic E-state index is 12.9. The normalized spacial score (nSPS) is 11.4. The summed E-state index contributed by atoms with van der Waals surface area (Å²) >= 11 is 0. The van der Waals surface area contributed by atoms with E-state index in [0.717, 1.165) is 0 Å². The van der Waals surface area contributed by atoms with Gasteiger partial charge in [-0.15, -0.1) is 0 Å². The van der Waals surface area contributed by atoms with Gasteiger partial charge in [0, 0.05) is 39.4 Å². The number of hydrogen-bond acceptors (Lipinski definition) is 8. The molecular weight excluding hydrogens is 402 g/mol. The van der Waals surface area contributed by atoms with Crippen LogP contribution >= 0.6 is 0 Å². The van der Waals surface area contributed by atoms with Crippen LogP contribution in [0.1, 0.15) is 5.56 Å². The zero-order valence-corrected chi connectivity index (χ0v) is 17.9. The molecule has 8 nitrogen and oxygen atoms in total. The second-order valence-corrected chi connectivity index (χ2v) is 7.02. The lowest BCUT2D eigenvalue weighted by atomic mass is 10.0. The summed E-state index contributed by atoms with van der Waals surface area (Å²) in [7, 11) is 4.71. The SMILES string of the molecule is COCCN(CCOC)Cc1c(O)ccc2c(O)c(-c3ccccc3OC)c(=O)oc12. The molecule has 31 heavy (non-hydrogen) atoms. The van der Waals surface area contributed by atoms with Crippen LogP contribution in [-0.2, 0) is 16.0 Å². The van der Waals surface area contributed by atoms with Gasteiger partial charge in [0.2, 0.25) is 0 Å². The summed E-state index contributed by atoms with van der Waals surface area (Å²) in [5.74, 6) is 0.186. The average Bonchev–Trinajstić information content (AvgIpc) is 2.77. The number of fused-ring (bicyclic) bond motifs is 1. The van der Waals surface area contributed by atoms with E-state index in [2.05, 4.69) is 0 Å². The van der Waals surface area contributed by atoms with E-state index in [1.54, 1.807) is 38.5 Å². The zero-order chi connectivity index (χ0) is 22.4. The fourth-order valence-electron chi connectivity index (χ4n) is 3.47. The van der Waals surface area contributed by atoms with E-state index in [1.807, 2.05) is 4.90 Å². The second kappa shape index (κ2) is 10.3. The third-order valence-electron chi connectivity index (χ3n) is 5.11. The highest BCUT2D eigenvalue weighted by molar-refractivity contribution is 5.93. The second-order valence-electron chi connectivity index (χ2n) is 7.02. The van der Waals surface area contributed by atoms with Crippen LogP contribution < -0.4 is 10.4 Å². The maximum atomic E-state index is 12.9. The van der Waals surface area contributed by atoms with Crippen molar-refractivity contribution < 1.29 is 28.8 Å². The van der Waals surface area contributed by atoms with Crippen molar-refractivity contribution in [3.63, 3.8) is 0 Å². The molecule has 2 aromatic carbocycles. The molecule has 0 atom stereocenters. The van der Waals surface area contributed by atoms with Crippen molar-refractivity contribution in [1.82, 2.24) is 4.90 Å². The Hall–Kier alpha value is -3.07. The predicted octanol–water partition coefficient (Wildman–Crippen LogP) is 2.97. The highest BCUT2D eigenvalue weighted by atomic mass is 16.5. The molecule has 0 aliphatic rings. The predicted molar refractivity (Wildman–Crippen MR) is 117 cm³/mol. The Bertz CT molecular complexity index is 1090. The van der Waals surface area contributed by atoms with Gasteiger partial charge in [0.25, 0.3) is 0 Å². The summed E-state index contributed by atoms with van der Waals surface area (Å²) in [6.07, 6.45) is 0. The van der Waals surface area contributed by atoms with Crippen LogP contribution in [0.3, 0.4) is 0 Å². The first-order valence-electron chi connectivity index (χ1n) is 9.86. The molecule has 0 aliphatic carbocycles. The lowest BCUT2D eigenvalue weighted by Gasteiger charge is -2.22. The van der Waals surface area contributed by atoms with Crippen molar-refractivity contribution in [2.75, 3.05) is 47.6 Å². The van der Waals surface area contributed by atoms with E-state index in [-0.39, 0.29) is 29.2 Å². The van der Waals surface area contributed by atoms with E-state index in [4.69, 9.17) is 18.6 Å². The maximum Gasteiger partial charge on any atom is 0.348 e. The molecule has 1 aromatic heterocycles. The number of rotatable bonds is 10. The average molecular weight is 429 g/mol. The van der Waals surface area contributed by atoms with E-state index in [1.165, 1.54) is 19.2 Å². The van der Waals surface area contributed by atoms with Crippen molar-refractivity contribution in [2.24, 2.45) is 0 Å². The van der Waals surface area contributed by atoms with Gasteiger partial charge in [-0.3, -0.25) is 4.90 Å². The van der Waals surface area contributed by atoms with Crippen LogP contribution in [0.25, 0.3) is 22.1 Å². The number of ether oxygens (including phenoxy) is 3. The van der Waals surface area contributed by atoms with Crippen molar-refractivity contribution in [3.05, 3.63) is 52.4 Å². The summed E-state index contributed by atoms with van der Waals surface area (Å²) in [5, 5.41) is 21.8. The summed E-state index contributed by atoms with van der Waals surface area (Å²) in [6, 6.07) is 9.90. The molecule has 0 saturated heterocycles. The van der Waals surface area contributed by atoms with Gasteiger partial charge in [-0.25, -0.2) is 4.79 Å². The van der Waals surface area contributed by atoms with Crippen LogP contribution in [-0.4, -0.2) is 62.7 Å². The first kappa shape index (κ1) is 22.6. The van der Waals surface area contributed by atoms with Gasteiger partial charge in [0.05, 0.1) is 31.3 Å². The van der Waals surface area contributed by atoms with Crippen LogP contribution in [0.5, 0.6) is 17.2 Å². The van der Waals surface area contributed by atoms with Crippen LogP contribution in [0, 0.1) is 0 Å². The molecule has 8 heteroatoms. The van der Waals surface area contributed by atoms with E-state index < -0.39 is 5.63 Å². The molecule has 0 bridgehead atoms. The fourth-order valence-corrected chi connectivity index (χ4v) is 3.47. The third kappa shape index (κ3) is 4.82. The first-order valence-corrected chi connectivity index (χ1v) is 9.86. The van der Waals surface area contributed by atoms with Gasteiger partial charge >= 0.3 is 5.63 Å². The van der Waals surface area contributed by atoms with Crippen molar-refractivity contribution in [3.8, 4) is 28.4 Å². The molecule has 166 valence electrons. The quantitative estimate of drug-likeness (QED) is 0.475. The van der Waals surface area contributed by atoms with Gasteiger partial charge in [-0.2, -0.15) is 0 Å². The van der Waals surface area contributed by atoms with Gasteiger partial charge < -0.3 is 28.8 Å². The number of phenols is 1. The highest BCUT2D eigenvalue weighted by Gasteiger charge is 2.22. The molecule has 1 heterocycles. The lowest BCUT2D eigenvalue weighted by Crippen LogP contribution is -2.30. The highest BCUT2D eigenvalue weighted by Crippen LogP contribution is 2.40. The molecule has 0 amide bonds. The molecule has 2 N–H and O–H groups in total. The van der Waals surface area contributed by atoms with Gasteiger partial charge in [-0.05, 0) is 18.2 Å². The van der Waals surface area contributed by atoms with E-state index >= 15 is 0 Å². The van der Waals surface area contributed by atoms with Crippen LogP contribution in [0.2, 0.25) is 0 Å². The third-order valence-corrected chi connectivity index (χ3v) is 5.11. The minimum atomic E-state index is -0.721. The standard InChI is InChI=1S/C23H27NO7/c1-28-12-10-24(11-13-29-2)14-17-18(25)9-8-16-21(26)20(23(27)31-22(16)17)15-6-4-5-7-19(15)30-3/h4-9,25-26H,10-14H2,1-3H3. The summed E-state index contributed by atoms with van der Waals surface area (Å²) in [5.41, 5.74) is 0.262. The molecule has 0 unspecified atom stereocenters. The minimum absolute atomic E-state index is 0.0113. The lowest BCUT2D eigenvalue weighted by molar-refractivity contribution is 0.110. The number of methoxy groups -OCH3 is 3. The van der Waals surface area contributed by atoms with Crippen molar-refractivity contribution >= 4 is 11.0 Å². The van der Waals surface area contributed by atoms with Crippen molar-refractivity contribution in [1.29, 1.82) is 0 Å². The number of nitrogens with zero attached hydrogens (tertiary/aromatic N) is 1. The molecule has 3 rings (SSSR count). The number of hydrogen-bond donors (Lipinski definition) is 2. The molecule has 0 fully saturated rings.